The van der Waals surface area contributed by atoms with Gasteiger partial charge in [0.25, 0.3) is 0 Å². The third-order valence-corrected chi connectivity index (χ3v) is 10.1. The van der Waals surface area contributed by atoms with Gasteiger partial charge >= 0.3 is 58.2 Å². The van der Waals surface area contributed by atoms with Crippen molar-refractivity contribution < 1.29 is 156 Å². The molecule has 3 fully saturated rings. The molecule has 0 heterocycles. The summed E-state index contributed by atoms with van der Waals surface area (Å²) in [6, 6.07) is 11.1. The van der Waals surface area contributed by atoms with Crippen molar-refractivity contribution in [2.45, 2.75) is 117 Å². The minimum atomic E-state index is 0. The Morgan fingerprint density at radius 2 is 1.26 bits per heavy atom. The van der Waals surface area contributed by atoms with Gasteiger partial charge in [-0.05, 0) is 68.6 Å². The molecular formula is C34H48RbY3-. The Balaban J connectivity index is 0.00000180. The molecule has 3 saturated carbocycles. The third-order valence-electron chi connectivity index (χ3n) is 10.1. The van der Waals surface area contributed by atoms with Crippen LogP contribution in [0.5, 0.6) is 0 Å². The van der Waals surface area contributed by atoms with Gasteiger partial charge in [0.1, 0.15) is 0 Å². The Morgan fingerprint density at radius 3 is 1.89 bits per heavy atom. The van der Waals surface area contributed by atoms with E-state index >= 15 is 0 Å². The van der Waals surface area contributed by atoms with Crippen molar-refractivity contribution >= 4 is 10.8 Å². The molecule has 2 aromatic rings. The fourth-order valence-corrected chi connectivity index (χ4v) is 7.56. The summed E-state index contributed by atoms with van der Waals surface area (Å²) in [5.74, 6) is 4.80. The molecule has 0 saturated heterocycles. The van der Waals surface area contributed by atoms with Crippen molar-refractivity contribution in [3.05, 3.63) is 52.9 Å². The third kappa shape index (κ3) is 11.3. The summed E-state index contributed by atoms with van der Waals surface area (Å²) in [5.41, 5.74) is 6.05. The van der Waals surface area contributed by atoms with Crippen LogP contribution in [0.1, 0.15) is 113 Å². The summed E-state index contributed by atoms with van der Waals surface area (Å²) in [6.07, 6.45) is 23.7. The first kappa shape index (κ1) is 39.8. The Bertz CT molecular complexity index is 952. The van der Waals surface area contributed by atoms with E-state index in [9.17, 15) is 0 Å². The maximum Gasteiger partial charge on any atom is 1.00 e. The monoisotopic (exact) mass is 808 g/mol. The van der Waals surface area contributed by atoms with Crippen LogP contribution in [0.25, 0.3) is 10.8 Å². The van der Waals surface area contributed by atoms with Crippen LogP contribution >= 0.6 is 0 Å². The first-order valence-electron chi connectivity index (χ1n) is 14.8. The Hall–Kier alpha value is 3.82. The molecule has 0 atom stereocenters. The molecule has 0 bridgehead atoms. The van der Waals surface area contributed by atoms with Crippen molar-refractivity contribution in [2.75, 3.05) is 0 Å². The molecule has 0 spiro atoms. The fourth-order valence-electron chi connectivity index (χ4n) is 7.56. The van der Waals surface area contributed by atoms with Crippen molar-refractivity contribution in [3.8, 4) is 0 Å². The average Bonchev–Trinajstić information content (AvgIpc) is 2.86. The summed E-state index contributed by atoms with van der Waals surface area (Å²) >= 11 is 0. The Kier molecular flexibility index (Phi) is 21.0. The topological polar surface area (TPSA) is 0 Å². The Morgan fingerprint density at radius 1 is 0.711 bits per heavy atom. The molecule has 0 N–H and O–H groups in total. The summed E-state index contributed by atoms with van der Waals surface area (Å²) in [4.78, 5) is 0. The zero-order valence-corrected chi connectivity index (χ0v) is 38.5. The van der Waals surface area contributed by atoms with Gasteiger partial charge in [0.05, 0.1) is 0 Å². The maximum absolute atomic E-state index is 3.85. The smallest absolute Gasteiger partial charge is 0.328 e. The molecule has 3 radical (unpaired) electrons. The normalized spacial score (nSPS) is 25.9. The fraction of sp³-hybridized carbons (Fsp3) is 0.676. The van der Waals surface area contributed by atoms with E-state index in [1.807, 2.05) is 0 Å². The zero-order chi connectivity index (χ0) is 23.5. The molecule has 38 heavy (non-hydrogen) atoms. The number of benzene rings is 2. The van der Waals surface area contributed by atoms with Crippen LogP contribution in [0, 0.1) is 55.9 Å². The van der Waals surface area contributed by atoms with Crippen molar-refractivity contribution in [1.82, 2.24) is 0 Å². The van der Waals surface area contributed by atoms with Gasteiger partial charge in [-0.25, -0.2) is 0 Å². The van der Waals surface area contributed by atoms with Crippen LogP contribution in [-0.4, -0.2) is 0 Å². The van der Waals surface area contributed by atoms with Crippen LogP contribution in [0.2, 0.25) is 0 Å². The van der Waals surface area contributed by atoms with E-state index in [-0.39, 0.29) is 156 Å². The van der Waals surface area contributed by atoms with Crippen LogP contribution in [0.4, 0.5) is 0 Å². The quantitative estimate of drug-likeness (QED) is 0.284. The second kappa shape index (κ2) is 20.0. The molecule has 5 rings (SSSR count). The Labute approximate surface area is 359 Å². The summed E-state index contributed by atoms with van der Waals surface area (Å²) in [6.45, 7) is 7.17. The maximum atomic E-state index is 3.85. The largest absolute Gasteiger partial charge is 1.00 e. The van der Waals surface area contributed by atoms with Crippen LogP contribution in [0.3, 0.4) is 0 Å². The molecule has 0 nitrogen and oxygen atoms in total. The number of aryl methyl sites for hydroxylation is 1. The van der Waals surface area contributed by atoms with Gasteiger partial charge in [-0.1, -0.05) is 82.4 Å². The average molecular weight is 809 g/mol. The van der Waals surface area contributed by atoms with Gasteiger partial charge in [-0.2, -0.15) is 12.8 Å². The number of fused-ring (bicyclic) bond motifs is 1. The van der Waals surface area contributed by atoms with E-state index in [2.05, 4.69) is 51.5 Å². The van der Waals surface area contributed by atoms with Gasteiger partial charge in [-0.3, -0.25) is 0 Å². The van der Waals surface area contributed by atoms with Crippen LogP contribution in [-0.2, 0) is 111 Å². The molecule has 0 amide bonds. The zero-order valence-electron chi connectivity index (χ0n) is 25.0. The van der Waals surface area contributed by atoms with E-state index in [4.69, 9.17) is 0 Å². The van der Waals surface area contributed by atoms with Gasteiger partial charge in [0, 0.05) is 98.1 Å². The second-order valence-electron chi connectivity index (χ2n) is 12.7. The molecule has 195 valence electrons. The van der Waals surface area contributed by atoms with Gasteiger partial charge in [0.15, 0.2) is 0 Å². The summed E-state index contributed by atoms with van der Waals surface area (Å²) in [7, 11) is 0. The summed E-state index contributed by atoms with van der Waals surface area (Å²) < 4.78 is 0. The van der Waals surface area contributed by atoms with Gasteiger partial charge < -0.3 is 6.42 Å². The van der Waals surface area contributed by atoms with Crippen LogP contribution in [0.15, 0.2) is 18.2 Å². The number of hydrogen-bond donors (Lipinski definition) is 0. The first-order valence-corrected chi connectivity index (χ1v) is 14.8. The standard InChI is InChI=1S/C34H48.Rb.3Y/c1-24-9-11-28(12-10-24)19-29-13-15-30(16-14-29)21-33-23-32-18-17-31(20-27-7-5-4-6-8-27)22-34(32)26(3)25(33)2;;;;/h4,17-18,23-24,27-30H,5-16,19-21H2,1-3H3;;;;/q-2;+1;;;. The number of rotatable bonds is 6. The molecule has 2 aromatic carbocycles. The minimum absolute atomic E-state index is 0. The van der Waals surface area contributed by atoms with Gasteiger partial charge in [-0.15, -0.1) is 40.1 Å². The minimum Gasteiger partial charge on any atom is -0.328 e. The second-order valence-corrected chi connectivity index (χ2v) is 12.7. The van der Waals surface area contributed by atoms with E-state index < -0.39 is 0 Å². The summed E-state index contributed by atoms with van der Waals surface area (Å²) in [5, 5.41) is 2.80. The molecule has 0 aliphatic heterocycles. The van der Waals surface area contributed by atoms with E-state index in [0.29, 0.717) is 0 Å². The van der Waals surface area contributed by atoms with E-state index in [0.717, 1.165) is 29.6 Å². The van der Waals surface area contributed by atoms with Crippen molar-refractivity contribution in [2.24, 2.45) is 29.6 Å². The molecule has 0 unspecified atom stereocenters. The number of hydrogen-bond acceptors (Lipinski definition) is 0. The first-order chi connectivity index (χ1) is 16.5. The van der Waals surface area contributed by atoms with E-state index in [1.54, 1.807) is 5.56 Å². The SMILES string of the molecule is Cc1c(CC2CCC(CC3CCC(C)CC3)CC2)cc2ccc(CC3CC[CH-]CC3)[c-]c2c1C.[Rb+].[Y].[Y].[Y]. The molecular weight excluding hydrogens is 761 g/mol. The molecule has 0 aromatic heterocycles. The van der Waals surface area contributed by atoms with Gasteiger partial charge in [0.2, 0.25) is 0 Å². The molecule has 3 aliphatic rings. The molecule has 3 aliphatic carbocycles. The van der Waals surface area contributed by atoms with Crippen molar-refractivity contribution in [1.29, 1.82) is 0 Å². The van der Waals surface area contributed by atoms with E-state index in [1.165, 1.54) is 124 Å². The molecule has 4 heteroatoms. The van der Waals surface area contributed by atoms with Crippen LogP contribution < -0.4 is 58.2 Å². The van der Waals surface area contributed by atoms with Crippen molar-refractivity contribution in [3.63, 3.8) is 0 Å². The predicted molar refractivity (Wildman–Crippen MR) is 147 cm³/mol. The predicted octanol–water partition coefficient (Wildman–Crippen LogP) is 6.76.